The molecule has 2 atom stereocenters. The summed E-state index contributed by atoms with van der Waals surface area (Å²) in [4.78, 5) is 40.4. The summed E-state index contributed by atoms with van der Waals surface area (Å²) in [5, 5.41) is 45.9. The number of hydrogen-bond acceptors (Lipinski definition) is 8. The van der Waals surface area contributed by atoms with E-state index in [1.165, 1.54) is 31.2 Å². The number of nitrogens with zero attached hydrogens (tertiary/aromatic N) is 4. The highest BCUT2D eigenvalue weighted by Crippen LogP contribution is 2.48. The number of nitro groups is 4. The van der Waals surface area contributed by atoms with Crippen LogP contribution in [0, 0.1) is 40.5 Å². The van der Waals surface area contributed by atoms with Gasteiger partial charge in [-0.05, 0) is 24.6 Å². The maximum atomic E-state index is 11.5. The van der Waals surface area contributed by atoms with Gasteiger partial charge in [0.05, 0.1) is 0 Å². The monoisotopic (exact) mass is 352 g/mol. The highest BCUT2D eigenvalue weighted by Gasteiger charge is 2.83. The summed E-state index contributed by atoms with van der Waals surface area (Å²) in [6.07, 6.45) is 1.73. The molecule has 0 aliphatic heterocycles. The first-order valence-corrected chi connectivity index (χ1v) is 6.84. The van der Waals surface area contributed by atoms with Crippen LogP contribution in [-0.4, -0.2) is 25.5 Å². The smallest absolute Gasteiger partial charge is 0.263 e. The van der Waals surface area contributed by atoms with E-state index in [1.54, 1.807) is 0 Å². The maximum absolute atomic E-state index is 11.5. The number of benzene rings is 1. The molecule has 1 aliphatic carbocycles. The van der Waals surface area contributed by atoms with Gasteiger partial charge in [-0.1, -0.05) is 24.3 Å². The van der Waals surface area contributed by atoms with Crippen molar-refractivity contribution in [1.29, 1.82) is 0 Å². The first-order chi connectivity index (χ1) is 11.5. The molecule has 1 aromatic rings. The van der Waals surface area contributed by atoms with Crippen LogP contribution in [0.25, 0.3) is 0 Å². The van der Waals surface area contributed by atoms with Crippen molar-refractivity contribution >= 4 is 0 Å². The first-order valence-electron chi connectivity index (χ1n) is 6.84. The molecular weight excluding hydrogens is 340 g/mol. The fourth-order valence-electron chi connectivity index (χ4n) is 3.11. The van der Waals surface area contributed by atoms with Crippen molar-refractivity contribution in [3.63, 3.8) is 0 Å². The average molecular weight is 352 g/mol. The van der Waals surface area contributed by atoms with Crippen molar-refractivity contribution < 1.29 is 19.7 Å². The maximum Gasteiger partial charge on any atom is 0.712 e. The van der Waals surface area contributed by atoms with Crippen molar-refractivity contribution in [3.05, 3.63) is 88.0 Å². The van der Waals surface area contributed by atoms with Gasteiger partial charge in [-0.2, -0.15) is 0 Å². The molecule has 1 aliphatic rings. The van der Waals surface area contributed by atoms with E-state index >= 15 is 0 Å². The standard InChI is InChI=1S/C13H12N4O8/c1-11(13(15(20)21,16(22)23)17(24)25)7-8-12(2,14(18)19)10-6-4-3-5-9(10)11/h3-8H,1-2H3/t11-,12+/m1/s1. The summed E-state index contributed by atoms with van der Waals surface area (Å²) in [5.74, 6) is -3.84. The Morgan fingerprint density at radius 3 is 1.64 bits per heavy atom. The van der Waals surface area contributed by atoms with Crippen LogP contribution in [0.1, 0.15) is 25.0 Å². The fraction of sp³-hybridized carbons (Fsp3) is 0.385. The summed E-state index contributed by atoms with van der Waals surface area (Å²) in [5.41, 5.74) is -4.48. The van der Waals surface area contributed by atoms with Gasteiger partial charge in [-0.15, -0.1) is 0 Å². The Morgan fingerprint density at radius 2 is 1.24 bits per heavy atom. The highest BCUT2D eigenvalue weighted by molar-refractivity contribution is 5.47. The highest BCUT2D eigenvalue weighted by atomic mass is 16.7. The van der Waals surface area contributed by atoms with Gasteiger partial charge in [0.1, 0.15) is 0 Å². The summed E-state index contributed by atoms with van der Waals surface area (Å²) < 4.78 is 0. The lowest BCUT2D eigenvalue weighted by atomic mass is 9.66. The molecule has 0 saturated carbocycles. The summed E-state index contributed by atoms with van der Waals surface area (Å²) >= 11 is 0. The first kappa shape index (κ1) is 17.9. The zero-order valence-corrected chi connectivity index (χ0v) is 13.0. The minimum Gasteiger partial charge on any atom is -0.263 e. The second-order valence-electron chi connectivity index (χ2n) is 5.89. The Labute approximate surface area is 139 Å². The lowest BCUT2D eigenvalue weighted by molar-refractivity contribution is -0.978. The molecule has 0 amide bonds. The van der Waals surface area contributed by atoms with Crippen molar-refractivity contribution in [2.75, 3.05) is 0 Å². The van der Waals surface area contributed by atoms with E-state index in [4.69, 9.17) is 0 Å². The molecule has 25 heavy (non-hydrogen) atoms. The largest absolute Gasteiger partial charge is 0.712 e. The van der Waals surface area contributed by atoms with Crippen molar-refractivity contribution in [3.8, 4) is 0 Å². The van der Waals surface area contributed by atoms with Gasteiger partial charge < -0.3 is 0 Å². The Hall–Kier alpha value is -3.44. The Morgan fingerprint density at radius 1 is 0.800 bits per heavy atom. The van der Waals surface area contributed by atoms with Crippen LogP contribution in [-0.2, 0) is 11.0 Å². The zero-order chi connectivity index (χ0) is 19.2. The molecule has 0 spiro atoms. The second-order valence-corrected chi connectivity index (χ2v) is 5.89. The molecule has 0 unspecified atom stereocenters. The molecule has 0 fully saturated rings. The molecule has 132 valence electrons. The molecule has 12 nitrogen and oxygen atoms in total. The van der Waals surface area contributed by atoms with Gasteiger partial charge in [-0.3, -0.25) is 40.5 Å². The van der Waals surface area contributed by atoms with Crippen molar-refractivity contribution in [2.24, 2.45) is 0 Å². The molecule has 0 heterocycles. The van der Waals surface area contributed by atoms with Gasteiger partial charge in [0.2, 0.25) is 5.41 Å². The normalized spacial score (nSPS) is 25.0. The third-order valence-corrected chi connectivity index (χ3v) is 4.61. The van der Waals surface area contributed by atoms with E-state index in [0.29, 0.717) is 0 Å². The van der Waals surface area contributed by atoms with E-state index in [1.807, 2.05) is 0 Å². The lowest BCUT2D eigenvalue weighted by Gasteiger charge is -2.34. The van der Waals surface area contributed by atoms with Crippen LogP contribution in [0.5, 0.6) is 0 Å². The molecule has 2 rings (SSSR count). The molecule has 12 heteroatoms. The predicted molar refractivity (Wildman–Crippen MR) is 81.0 cm³/mol. The number of hydrogen-bond donors (Lipinski definition) is 0. The molecule has 0 radical (unpaired) electrons. The summed E-state index contributed by atoms with van der Waals surface area (Å²) in [6, 6.07) is 5.21. The third-order valence-electron chi connectivity index (χ3n) is 4.61. The fourth-order valence-corrected chi connectivity index (χ4v) is 3.11. The number of fused-ring (bicyclic) bond motifs is 1. The minimum atomic E-state index is -3.84. The molecule has 0 N–H and O–H groups in total. The van der Waals surface area contributed by atoms with E-state index < -0.39 is 36.4 Å². The van der Waals surface area contributed by atoms with Crippen LogP contribution in [0.3, 0.4) is 0 Å². The topological polar surface area (TPSA) is 173 Å². The summed E-state index contributed by atoms with van der Waals surface area (Å²) in [6.45, 7) is 2.16. The van der Waals surface area contributed by atoms with Crippen LogP contribution in [0.15, 0.2) is 36.4 Å². The quantitative estimate of drug-likeness (QED) is 0.331. The Bertz CT molecular complexity index is 801. The van der Waals surface area contributed by atoms with E-state index in [2.05, 4.69) is 0 Å². The van der Waals surface area contributed by atoms with Gasteiger partial charge in [-0.25, -0.2) is 0 Å². The lowest BCUT2D eigenvalue weighted by Crippen LogP contribution is -2.66. The predicted octanol–water partition coefficient (Wildman–Crippen LogP) is 1.49. The number of rotatable bonds is 5. The Balaban J connectivity index is 2.95. The van der Waals surface area contributed by atoms with E-state index in [-0.39, 0.29) is 11.1 Å². The van der Waals surface area contributed by atoms with E-state index in [9.17, 15) is 40.5 Å². The van der Waals surface area contributed by atoms with Gasteiger partial charge in [0, 0.05) is 17.4 Å². The zero-order valence-electron chi connectivity index (χ0n) is 13.0. The van der Waals surface area contributed by atoms with E-state index in [0.717, 1.165) is 19.1 Å². The van der Waals surface area contributed by atoms with Crippen LogP contribution < -0.4 is 0 Å². The molecule has 0 bridgehead atoms. The molecule has 0 saturated heterocycles. The van der Waals surface area contributed by atoms with Gasteiger partial charge >= 0.3 is 5.79 Å². The van der Waals surface area contributed by atoms with Gasteiger partial charge in [0.25, 0.3) is 5.54 Å². The van der Waals surface area contributed by atoms with Crippen LogP contribution in [0.2, 0.25) is 0 Å². The van der Waals surface area contributed by atoms with Crippen LogP contribution >= 0.6 is 0 Å². The van der Waals surface area contributed by atoms with Crippen molar-refractivity contribution in [2.45, 2.75) is 30.6 Å². The third kappa shape index (κ3) is 2.00. The summed E-state index contributed by atoms with van der Waals surface area (Å²) in [7, 11) is 0. The molecule has 0 aromatic heterocycles. The van der Waals surface area contributed by atoms with Crippen molar-refractivity contribution in [1.82, 2.24) is 0 Å². The SMILES string of the molecule is C[C@]1([N+](=O)[O-])C=C[C@@](C)(C([N+](=O)[O-])([N+](=O)[O-])[N+](=O)[O-])c2ccccc21. The molecule has 1 aromatic carbocycles. The molecular formula is C13H12N4O8. The van der Waals surface area contributed by atoms with Crippen LogP contribution in [0.4, 0.5) is 0 Å². The Kier molecular flexibility index (Phi) is 3.79. The second kappa shape index (κ2) is 5.29. The average Bonchev–Trinajstić information content (AvgIpc) is 2.51. The van der Waals surface area contributed by atoms with Gasteiger partial charge in [0.15, 0.2) is 14.8 Å². The minimum absolute atomic E-state index is 0.0834.